The molecule has 2 rings (SSSR count). The maximum Gasteiger partial charge on any atom is 0.229 e. The largest absolute Gasteiger partial charge is 0.493 e. The Morgan fingerprint density at radius 3 is 2.20 bits per heavy atom. The fraction of sp³-hybridized carbons (Fsp3) is 0.316. The lowest BCUT2D eigenvalue weighted by Gasteiger charge is -2.21. The number of methoxy groups -OCH3 is 2. The molecule has 1 amide bonds. The van der Waals surface area contributed by atoms with E-state index in [-0.39, 0.29) is 30.3 Å². The summed E-state index contributed by atoms with van der Waals surface area (Å²) < 4.78 is 10.6. The number of benzene rings is 2. The zero-order valence-electron chi connectivity index (χ0n) is 14.9. The molecule has 0 aliphatic rings. The van der Waals surface area contributed by atoms with E-state index in [9.17, 15) is 4.79 Å². The fourth-order valence-corrected chi connectivity index (χ4v) is 2.49. The van der Waals surface area contributed by atoms with Crippen molar-refractivity contribution in [2.45, 2.75) is 19.9 Å². The van der Waals surface area contributed by atoms with Crippen molar-refractivity contribution in [1.82, 2.24) is 0 Å². The summed E-state index contributed by atoms with van der Waals surface area (Å²) in [6, 6.07) is 12.8. The molecule has 0 aromatic heterocycles. The molecule has 0 heterocycles. The lowest BCUT2D eigenvalue weighted by Crippen LogP contribution is -2.30. The summed E-state index contributed by atoms with van der Waals surface area (Å²) in [5.74, 6) is 0.682. The first-order valence-corrected chi connectivity index (χ1v) is 7.82. The van der Waals surface area contributed by atoms with Crippen molar-refractivity contribution < 1.29 is 14.3 Å². The average Bonchev–Trinajstić information content (AvgIpc) is 2.62. The topological polar surface area (TPSA) is 73.6 Å². The molecule has 0 radical (unpaired) electrons. The van der Waals surface area contributed by atoms with Crippen LogP contribution in [0.2, 0.25) is 0 Å². The number of carbonyl (C=O) groups is 1. The van der Waals surface area contributed by atoms with Gasteiger partial charge in [0.25, 0.3) is 0 Å². The van der Waals surface area contributed by atoms with E-state index in [0.717, 1.165) is 11.1 Å². The molecular weight excluding hydrogens is 340 g/mol. The van der Waals surface area contributed by atoms with Crippen molar-refractivity contribution >= 4 is 24.0 Å². The highest BCUT2D eigenvalue weighted by Gasteiger charge is 2.23. The number of anilines is 1. The fourth-order valence-electron chi connectivity index (χ4n) is 2.49. The Balaban J connectivity index is 0.00000312. The van der Waals surface area contributed by atoms with Gasteiger partial charge in [0.1, 0.15) is 0 Å². The van der Waals surface area contributed by atoms with Crippen molar-refractivity contribution in [2.24, 2.45) is 11.7 Å². The van der Waals surface area contributed by atoms with E-state index in [2.05, 4.69) is 5.32 Å². The molecule has 0 saturated carbocycles. The van der Waals surface area contributed by atoms with E-state index in [4.69, 9.17) is 15.2 Å². The second-order valence-corrected chi connectivity index (χ2v) is 5.74. The Labute approximate surface area is 154 Å². The number of carbonyl (C=O) groups excluding carboxylic acids is 1. The first kappa shape index (κ1) is 20.8. The second-order valence-electron chi connectivity index (χ2n) is 5.74. The summed E-state index contributed by atoms with van der Waals surface area (Å²) in [6.07, 6.45) is 0. The summed E-state index contributed by atoms with van der Waals surface area (Å²) >= 11 is 0. The second kappa shape index (κ2) is 9.30. The zero-order valence-corrected chi connectivity index (χ0v) is 15.7. The van der Waals surface area contributed by atoms with Crippen LogP contribution in [-0.4, -0.2) is 20.1 Å². The maximum atomic E-state index is 12.6. The highest BCUT2D eigenvalue weighted by atomic mass is 35.5. The van der Waals surface area contributed by atoms with Gasteiger partial charge in [-0.2, -0.15) is 0 Å². The van der Waals surface area contributed by atoms with Crippen molar-refractivity contribution in [1.29, 1.82) is 0 Å². The lowest BCUT2D eigenvalue weighted by molar-refractivity contribution is -0.120. The number of hydrogen-bond acceptors (Lipinski definition) is 4. The molecule has 0 aliphatic carbocycles. The molecule has 3 N–H and O–H groups in total. The highest BCUT2D eigenvalue weighted by molar-refractivity contribution is 5.94. The number of rotatable bonds is 6. The van der Waals surface area contributed by atoms with Gasteiger partial charge >= 0.3 is 0 Å². The van der Waals surface area contributed by atoms with Crippen LogP contribution in [0.4, 0.5) is 5.69 Å². The number of amides is 1. The number of nitrogens with two attached hydrogens (primary N) is 1. The summed E-state index contributed by atoms with van der Waals surface area (Å²) in [4.78, 5) is 12.6. The minimum absolute atomic E-state index is 0. The van der Waals surface area contributed by atoms with Crippen LogP contribution in [0.25, 0.3) is 0 Å². The zero-order chi connectivity index (χ0) is 17.7. The van der Waals surface area contributed by atoms with Gasteiger partial charge in [0.2, 0.25) is 5.91 Å². The normalized spacial score (nSPS) is 12.5. The van der Waals surface area contributed by atoms with Gasteiger partial charge in [-0.15, -0.1) is 12.4 Å². The third kappa shape index (κ3) is 4.87. The molecule has 6 heteroatoms. The van der Waals surface area contributed by atoms with E-state index in [0.29, 0.717) is 17.2 Å². The Hall–Kier alpha value is -2.24. The summed E-state index contributed by atoms with van der Waals surface area (Å²) in [7, 11) is 3.14. The van der Waals surface area contributed by atoms with Crippen LogP contribution in [0.15, 0.2) is 42.5 Å². The Bertz CT molecular complexity index is 707. The molecule has 2 aromatic carbocycles. The van der Waals surface area contributed by atoms with Crippen molar-refractivity contribution in [3.63, 3.8) is 0 Å². The van der Waals surface area contributed by atoms with Crippen LogP contribution >= 0.6 is 12.4 Å². The minimum atomic E-state index is -0.375. The summed E-state index contributed by atoms with van der Waals surface area (Å²) in [6.45, 7) is 3.72. The molecule has 0 aliphatic heterocycles. The quantitative estimate of drug-likeness (QED) is 0.819. The van der Waals surface area contributed by atoms with Crippen molar-refractivity contribution in [2.75, 3.05) is 19.5 Å². The molecule has 2 aromatic rings. The molecule has 0 saturated heterocycles. The molecular formula is C19H25ClN2O3. The number of aryl methyl sites for hydroxylation is 1. The smallest absolute Gasteiger partial charge is 0.229 e. The summed E-state index contributed by atoms with van der Waals surface area (Å²) in [5, 5.41) is 2.93. The van der Waals surface area contributed by atoms with E-state index in [1.54, 1.807) is 20.3 Å². The minimum Gasteiger partial charge on any atom is -0.493 e. The predicted octanol–water partition coefficient (Wildman–Crippen LogP) is 3.71. The van der Waals surface area contributed by atoms with Crippen LogP contribution in [0.3, 0.4) is 0 Å². The Kier molecular flexibility index (Phi) is 7.74. The van der Waals surface area contributed by atoms with Gasteiger partial charge in [-0.1, -0.05) is 37.3 Å². The molecule has 25 heavy (non-hydrogen) atoms. The van der Waals surface area contributed by atoms with Gasteiger partial charge in [-0.3, -0.25) is 4.79 Å². The molecule has 2 unspecified atom stereocenters. The van der Waals surface area contributed by atoms with Crippen LogP contribution in [0.1, 0.15) is 24.1 Å². The van der Waals surface area contributed by atoms with Crippen LogP contribution < -0.4 is 20.5 Å². The van der Waals surface area contributed by atoms with Crippen LogP contribution in [0.5, 0.6) is 11.5 Å². The van der Waals surface area contributed by atoms with Crippen molar-refractivity contribution in [3.8, 4) is 11.5 Å². The van der Waals surface area contributed by atoms with Crippen molar-refractivity contribution in [3.05, 3.63) is 53.6 Å². The third-order valence-electron chi connectivity index (χ3n) is 4.13. The number of hydrogen-bond donors (Lipinski definition) is 2. The number of nitrogens with one attached hydrogen (secondary N) is 1. The van der Waals surface area contributed by atoms with E-state index in [1.165, 1.54) is 0 Å². The molecule has 2 atom stereocenters. The van der Waals surface area contributed by atoms with Gasteiger partial charge in [-0.05, 0) is 24.1 Å². The first-order chi connectivity index (χ1) is 11.5. The SMILES string of the molecule is COc1cc(C)c(NC(=O)C(C)C(N)c2ccccc2)cc1OC.Cl. The standard InChI is InChI=1S/C19H24N2O3.ClH/c1-12-10-16(23-3)17(24-4)11-15(12)21-19(22)13(2)18(20)14-8-6-5-7-9-14;/h5-11,13,18H,20H2,1-4H3,(H,21,22);1H. The maximum absolute atomic E-state index is 12.6. The lowest BCUT2D eigenvalue weighted by atomic mass is 9.94. The number of ether oxygens (including phenoxy) is 2. The van der Waals surface area contributed by atoms with Crippen LogP contribution in [0, 0.1) is 12.8 Å². The molecule has 0 bridgehead atoms. The first-order valence-electron chi connectivity index (χ1n) is 7.82. The van der Waals surface area contributed by atoms with Gasteiger partial charge in [0, 0.05) is 17.8 Å². The van der Waals surface area contributed by atoms with Crippen LogP contribution in [-0.2, 0) is 4.79 Å². The summed E-state index contributed by atoms with van der Waals surface area (Å²) in [5.41, 5.74) is 8.74. The molecule has 0 fully saturated rings. The third-order valence-corrected chi connectivity index (χ3v) is 4.13. The Morgan fingerprint density at radius 1 is 1.08 bits per heavy atom. The predicted molar refractivity (Wildman–Crippen MR) is 103 cm³/mol. The van der Waals surface area contributed by atoms with Gasteiger partial charge in [0.05, 0.1) is 20.1 Å². The van der Waals surface area contributed by atoms with Gasteiger partial charge in [0.15, 0.2) is 11.5 Å². The average molecular weight is 365 g/mol. The van der Waals surface area contributed by atoms with E-state index in [1.807, 2.05) is 50.2 Å². The molecule has 136 valence electrons. The monoisotopic (exact) mass is 364 g/mol. The van der Waals surface area contributed by atoms with Gasteiger partial charge < -0.3 is 20.5 Å². The number of halogens is 1. The molecule has 5 nitrogen and oxygen atoms in total. The van der Waals surface area contributed by atoms with E-state index >= 15 is 0 Å². The Morgan fingerprint density at radius 2 is 1.64 bits per heavy atom. The molecule has 0 spiro atoms. The highest BCUT2D eigenvalue weighted by Crippen LogP contribution is 2.33. The van der Waals surface area contributed by atoms with Gasteiger partial charge in [-0.25, -0.2) is 0 Å². The van der Waals surface area contributed by atoms with E-state index < -0.39 is 0 Å².